The summed E-state index contributed by atoms with van der Waals surface area (Å²) in [6.45, 7) is 11.6. The Morgan fingerprint density at radius 1 is 0.947 bits per heavy atom. The maximum atomic E-state index is 6.22. The molecule has 0 saturated carbocycles. The number of benzene rings is 1. The molecule has 0 saturated heterocycles. The molecule has 107 valence electrons. The van der Waals surface area contributed by atoms with Crippen LogP contribution in [-0.4, -0.2) is 19.8 Å². The topological polar surface area (TPSA) is 27.7 Å². The molecule has 0 fully saturated rings. The number of allylic oxidation sites excluding steroid dienone is 1. The van der Waals surface area contributed by atoms with Gasteiger partial charge >= 0.3 is 120 Å². The van der Waals surface area contributed by atoms with Gasteiger partial charge in [-0.25, -0.2) is 0 Å². The van der Waals surface area contributed by atoms with Gasteiger partial charge in [0.25, 0.3) is 0 Å². The first kappa shape index (κ1) is 16.8. The first-order chi connectivity index (χ1) is 9.17. The van der Waals surface area contributed by atoms with Crippen molar-refractivity contribution in [1.82, 2.24) is 0 Å². The monoisotopic (exact) mass is 343 g/mol. The van der Waals surface area contributed by atoms with Crippen molar-refractivity contribution in [2.75, 3.05) is 19.8 Å². The Balaban J connectivity index is 3.43. The summed E-state index contributed by atoms with van der Waals surface area (Å²) in [6, 6.07) is 10.1. The second kappa shape index (κ2) is 7.49. The number of hydrogen-bond donors (Lipinski definition) is 0. The molecule has 0 aliphatic rings. The molecule has 4 heteroatoms. The Morgan fingerprint density at radius 3 is 1.79 bits per heavy atom. The van der Waals surface area contributed by atoms with E-state index in [1.807, 2.05) is 45.0 Å². The van der Waals surface area contributed by atoms with Crippen LogP contribution in [0.25, 0.3) is 0 Å². The summed E-state index contributed by atoms with van der Waals surface area (Å²) >= 11 is -4.38. The average molecular weight is 345 g/mol. The van der Waals surface area contributed by atoms with E-state index in [0.29, 0.717) is 23.9 Å². The van der Waals surface area contributed by atoms with Crippen LogP contribution in [0.3, 0.4) is 0 Å². The molecule has 19 heavy (non-hydrogen) atoms. The first-order valence-corrected chi connectivity index (χ1v) is 12.9. The zero-order valence-electron chi connectivity index (χ0n) is 12.2. The van der Waals surface area contributed by atoms with Gasteiger partial charge in [0.1, 0.15) is 0 Å². The van der Waals surface area contributed by atoms with Crippen molar-refractivity contribution in [2.24, 2.45) is 0 Å². The fourth-order valence-electron chi connectivity index (χ4n) is 2.55. The SMILES string of the molecule is C=C[CH2][Zr]([O]CC)([O]CC)([O]CC)[c]1ccccc1. The molecule has 0 atom stereocenters. The molecule has 0 N–H and O–H groups in total. The molecule has 1 rings (SSSR count). The third kappa shape index (κ3) is 3.43. The van der Waals surface area contributed by atoms with Crippen molar-refractivity contribution < 1.29 is 28.5 Å². The Bertz CT molecular complexity index is 372. The van der Waals surface area contributed by atoms with Crippen molar-refractivity contribution in [1.29, 1.82) is 0 Å². The Morgan fingerprint density at radius 2 is 1.42 bits per heavy atom. The minimum atomic E-state index is -4.38. The molecule has 0 spiro atoms. The van der Waals surface area contributed by atoms with Crippen LogP contribution in [0, 0.1) is 0 Å². The van der Waals surface area contributed by atoms with E-state index in [4.69, 9.17) is 8.44 Å². The van der Waals surface area contributed by atoms with Crippen LogP contribution in [0.2, 0.25) is 4.13 Å². The van der Waals surface area contributed by atoms with Gasteiger partial charge in [-0.15, -0.1) is 0 Å². The van der Waals surface area contributed by atoms with Crippen LogP contribution >= 0.6 is 0 Å². The van der Waals surface area contributed by atoms with Crippen molar-refractivity contribution in [3.05, 3.63) is 43.0 Å². The van der Waals surface area contributed by atoms with Crippen LogP contribution in [0.15, 0.2) is 43.0 Å². The van der Waals surface area contributed by atoms with E-state index in [2.05, 4.69) is 18.7 Å². The van der Waals surface area contributed by atoms with E-state index in [1.54, 1.807) is 0 Å². The first-order valence-electron chi connectivity index (χ1n) is 6.93. The summed E-state index contributed by atoms with van der Waals surface area (Å²) in [5.41, 5.74) is 0. The molecule has 3 nitrogen and oxygen atoms in total. The Hall–Kier alpha value is -0.277. The summed E-state index contributed by atoms with van der Waals surface area (Å²) < 4.78 is 20.4. The molecule has 0 radical (unpaired) electrons. The van der Waals surface area contributed by atoms with Crippen molar-refractivity contribution in [3.8, 4) is 0 Å². The van der Waals surface area contributed by atoms with Gasteiger partial charge in [0.05, 0.1) is 0 Å². The summed E-state index contributed by atoms with van der Waals surface area (Å²) in [6.07, 6.45) is 1.86. The standard InChI is InChI=1S/C6H5.C3H5.3C2H5O.Zr/c1-2-4-6-5-3-1;1-3-2;3*1-2-3;/h1-5H;3H,1-2H2;3*2H2,1H3;/q;;3*-1;+3. The van der Waals surface area contributed by atoms with Gasteiger partial charge in [0, 0.05) is 0 Å². The van der Waals surface area contributed by atoms with Gasteiger partial charge in [-0.2, -0.15) is 0 Å². The average Bonchev–Trinajstić information content (AvgIpc) is 2.41. The van der Waals surface area contributed by atoms with Gasteiger partial charge in [-0.05, 0) is 0 Å². The zero-order valence-corrected chi connectivity index (χ0v) is 14.7. The quantitative estimate of drug-likeness (QED) is 0.642. The third-order valence-electron chi connectivity index (χ3n) is 3.14. The van der Waals surface area contributed by atoms with Crippen molar-refractivity contribution in [2.45, 2.75) is 24.9 Å². The molecule has 1 aromatic carbocycles. The van der Waals surface area contributed by atoms with E-state index in [1.165, 1.54) is 0 Å². The van der Waals surface area contributed by atoms with E-state index in [0.717, 1.165) is 3.27 Å². The molecule has 0 aliphatic heterocycles. The predicted octanol–water partition coefficient (Wildman–Crippen LogP) is 3.46. The normalized spacial score (nSPS) is 13.7. The summed E-state index contributed by atoms with van der Waals surface area (Å²) in [4.78, 5) is 0. The molecule has 0 aliphatic carbocycles. The molecule has 1 aromatic rings. The van der Waals surface area contributed by atoms with Crippen LogP contribution in [0.1, 0.15) is 20.8 Å². The van der Waals surface area contributed by atoms with E-state index in [-0.39, 0.29) is 0 Å². The number of hydrogen-bond acceptors (Lipinski definition) is 3. The van der Waals surface area contributed by atoms with Crippen LogP contribution < -0.4 is 3.27 Å². The van der Waals surface area contributed by atoms with Gasteiger partial charge in [-0.3, -0.25) is 0 Å². The van der Waals surface area contributed by atoms with Gasteiger partial charge in [0.2, 0.25) is 0 Å². The molecular formula is C15H25O3Zr. The second-order valence-electron chi connectivity index (χ2n) is 4.32. The van der Waals surface area contributed by atoms with Crippen molar-refractivity contribution >= 4 is 3.27 Å². The van der Waals surface area contributed by atoms with Gasteiger partial charge in [0.15, 0.2) is 0 Å². The molecule has 0 aromatic heterocycles. The zero-order chi connectivity index (χ0) is 14.2. The fourth-order valence-corrected chi connectivity index (χ4v) is 13.4. The third-order valence-corrected chi connectivity index (χ3v) is 15.6. The summed E-state index contributed by atoms with van der Waals surface area (Å²) in [5, 5.41) is 0. The Labute approximate surface area is 119 Å². The molecule has 0 bridgehead atoms. The molecule has 0 heterocycles. The predicted molar refractivity (Wildman–Crippen MR) is 76.0 cm³/mol. The summed E-state index contributed by atoms with van der Waals surface area (Å²) in [5.74, 6) is 0. The second-order valence-corrected chi connectivity index (χ2v) is 14.6. The minimum absolute atomic E-state index is 0.577. The van der Waals surface area contributed by atoms with Crippen LogP contribution in [0.5, 0.6) is 0 Å². The van der Waals surface area contributed by atoms with Crippen LogP contribution in [-0.2, 0) is 28.5 Å². The Kier molecular flexibility index (Phi) is 6.61. The number of rotatable bonds is 9. The molecule has 0 amide bonds. The van der Waals surface area contributed by atoms with E-state index >= 15 is 0 Å². The fraction of sp³-hybridized carbons (Fsp3) is 0.467. The van der Waals surface area contributed by atoms with Gasteiger partial charge < -0.3 is 0 Å². The van der Waals surface area contributed by atoms with Crippen molar-refractivity contribution in [3.63, 3.8) is 0 Å². The van der Waals surface area contributed by atoms with E-state index < -0.39 is 20.1 Å². The summed E-state index contributed by atoms with van der Waals surface area (Å²) in [7, 11) is 0. The maximum absolute atomic E-state index is 6.22. The van der Waals surface area contributed by atoms with Gasteiger partial charge in [-0.1, -0.05) is 0 Å². The molecule has 0 unspecified atom stereocenters. The molecular weight excluding hydrogens is 319 g/mol. The van der Waals surface area contributed by atoms with E-state index in [9.17, 15) is 0 Å². The van der Waals surface area contributed by atoms with Crippen LogP contribution in [0.4, 0.5) is 0 Å².